The summed E-state index contributed by atoms with van der Waals surface area (Å²) in [7, 11) is 0. The Morgan fingerprint density at radius 3 is 2.06 bits per heavy atom. The smallest absolute Gasteiger partial charge is 0.169 e. The fraction of sp³-hybridized carbons (Fsp3) is 0.667. The van der Waals surface area contributed by atoms with Crippen molar-refractivity contribution < 1.29 is 4.57 Å². The second-order valence-corrected chi connectivity index (χ2v) is 6.04. The van der Waals surface area contributed by atoms with Crippen LogP contribution in [0.4, 0.5) is 0 Å². The molecule has 0 unspecified atom stereocenters. The van der Waals surface area contributed by atoms with Crippen LogP contribution in [0.25, 0.3) is 0 Å². The average molecular weight is 218 g/mol. The van der Waals surface area contributed by atoms with E-state index in [2.05, 4.69) is 49.9 Å². The number of hydrogen-bond donors (Lipinski definition) is 0. The van der Waals surface area contributed by atoms with Gasteiger partial charge in [0.05, 0.1) is 0 Å². The van der Waals surface area contributed by atoms with Crippen LogP contribution in [-0.2, 0) is 5.54 Å². The summed E-state index contributed by atoms with van der Waals surface area (Å²) < 4.78 is 2.29. The van der Waals surface area contributed by atoms with Gasteiger partial charge in [-0.1, -0.05) is 19.3 Å². The van der Waals surface area contributed by atoms with E-state index >= 15 is 0 Å². The zero-order valence-electron chi connectivity index (χ0n) is 10.9. The minimum atomic E-state index is 0.199. The maximum atomic E-state index is 2.32. The zero-order chi connectivity index (χ0) is 11.6. The van der Waals surface area contributed by atoms with Crippen molar-refractivity contribution in [3.63, 3.8) is 0 Å². The highest BCUT2D eigenvalue weighted by Crippen LogP contribution is 2.31. The molecule has 0 saturated heterocycles. The van der Waals surface area contributed by atoms with Gasteiger partial charge in [0.15, 0.2) is 17.9 Å². The molecule has 1 aromatic rings. The van der Waals surface area contributed by atoms with Gasteiger partial charge in [-0.15, -0.1) is 0 Å². The van der Waals surface area contributed by atoms with E-state index in [1.54, 1.807) is 5.56 Å². The lowest BCUT2D eigenvalue weighted by Gasteiger charge is -2.22. The van der Waals surface area contributed by atoms with Crippen LogP contribution < -0.4 is 4.57 Å². The number of aromatic nitrogens is 1. The van der Waals surface area contributed by atoms with Crippen molar-refractivity contribution in [2.45, 2.75) is 64.3 Å². The van der Waals surface area contributed by atoms with Gasteiger partial charge in [0.25, 0.3) is 0 Å². The molecule has 16 heavy (non-hydrogen) atoms. The van der Waals surface area contributed by atoms with Crippen LogP contribution in [0.3, 0.4) is 0 Å². The fourth-order valence-electron chi connectivity index (χ4n) is 2.59. The molecular weight excluding hydrogens is 194 g/mol. The Bertz CT molecular complexity index is 325. The van der Waals surface area contributed by atoms with Crippen LogP contribution in [0.2, 0.25) is 0 Å². The molecule has 1 aliphatic carbocycles. The Hall–Kier alpha value is -0.850. The largest absolute Gasteiger partial charge is 0.201 e. The van der Waals surface area contributed by atoms with E-state index in [1.807, 2.05) is 0 Å². The van der Waals surface area contributed by atoms with Gasteiger partial charge < -0.3 is 0 Å². The highest BCUT2D eigenvalue weighted by Gasteiger charge is 2.22. The summed E-state index contributed by atoms with van der Waals surface area (Å²) >= 11 is 0. The molecule has 2 rings (SSSR count). The van der Waals surface area contributed by atoms with E-state index in [0.717, 1.165) is 5.92 Å². The Morgan fingerprint density at radius 1 is 1.00 bits per heavy atom. The third-order valence-corrected chi connectivity index (χ3v) is 3.71. The van der Waals surface area contributed by atoms with E-state index in [4.69, 9.17) is 0 Å². The molecule has 1 heteroatoms. The predicted octanol–water partition coefficient (Wildman–Crippen LogP) is 3.78. The molecule has 1 nitrogen and oxygen atoms in total. The quantitative estimate of drug-likeness (QED) is 0.632. The average Bonchev–Trinajstić information content (AvgIpc) is 2.29. The molecule has 1 aromatic heterocycles. The lowest BCUT2D eigenvalue weighted by Crippen LogP contribution is -2.49. The van der Waals surface area contributed by atoms with Crippen LogP contribution in [0.15, 0.2) is 24.5 Å². The summed E-state index contributed by atoms with van der Waals surface area (Å²) in [6, 6.07) is 4.64. The van der Waals surface area contributed by atoms with E-state index in [0.29, 0.717) is 0 Å². The van der Waals surface area contributed by atoms with Gasteiger partial charge >= 0.3 is 0 Å². The highest BCUT2D eigenvalue weighted by molar-refractivity contribution is 5.14. The van der Waals surface area contributed by atoms with Crippen molar-refractivity contribution >= 4 is 0 Å². The molecule has 0 aromatic carbocycles. The highest BCUT2D eigenvalue weighted by atomic mass is 15.0. The molecule has 1 saturated carbocycles. The van der Waals surface area contributed by atoms with Gasteiger partial charge in [0.1, 0.15) is 0 Å². The molecule has 0 aliphatic heterocycles. The first-order chi connectivity index (χ1) is 7.57. The first-order valence-corrected chi connectivity index (χ1v) is 6.59. The van der Waals surface area contributed by atoms with Crippen LogP contribution >= 0.6 is 0 Å². The minimum Gasteiger partial charge on any atom is -0.201 e. The summed E-state index contributed by atoms with van der Waals surface area (Å²) in [5.74, 6) is 0.823. The summed E-state index contributed by atoms with van der Waals surface area (Å²) in [5, 5.41) is 0. The lowest BCUT2D eigenvalue weighted by molar-refractivity contribution is -0.754. The molecule has 0 radical (unpaired) electrons. The van der Waals surface area contributed by atoms with E-state index in [9.17, 15) is 0 Å². The second-order valence-electron chi connectivity index (χ2n) is 6.04. The maximum Gasteiger partial charge on any atom is 0.169 e. The molecule has 0 N–H and O–H groups in total. The monoisotopic (exact) mass is 218 g/mol. The first-order valence-electron chi connectivity index (χ1n) is 6.59. The number of pyridine rings is 1. The fourth-order valence-corrected chi connectivity index (χ4v) is 2.59. The van der Waals surface area contributed by atoms with Gasteiger partial charge in [-0.2, -0.15) is 0 Å². The standard InChI is InChI=1S/C15H24N/c1-15(2,3)16-11-9-14(10-12-16)13-7-5-4-6-8-13/h9-13H,4-8H2,1-3H3/q+1. The Labute approximate surface area is 99.5 Å². The SMILES string of the molecule is CC(C)(C)[n+]1ccc(C2CCCCC2)cc1. The van der Waals surface area contributed by atoms with E-state index < -0.39 is 0 Å². The molecule has 1 heterocycles. The lowest BCUT2D eigenvalue weighted by atomic mass is 9.84. The molecule has 1 aliphatic rings. The van der Waals surface area contributed by atoms with Gasteiger partial charge in [0.2, 0.25) is 0 Å². The van der Waals surface area contributed by atoms with Gasteiger partial charge in [-0.3, -0.25) is 0 Å². The topological polar surface area (TPSA) is 3.88 Å². The summed E-state index contributed by atoms with van der Waals surface area (Å²) in [5.41, 5.74) is 1.74. The van der Waals surface area contributed by atoms with E-state index in [-0.39, 0.29) is 5.54 Å². The van der Waals surface area contributed by atoms with Gasteiger partial charge in [-0.05, 0) is 24.3 Å². The van der Waals surface area contributed by atoms with Crippen LogP contribution in [0.1, 0.15) is 64.4 Å². The molecule has 0 spiro atoms. The number of nitrogens with zero attached hydrogens (tertiary/aromatic N) is 1. The molecule has 0 atom stereocenters. The Balaban J connectivity index is 2.12. The van der Waals surface area contributed by atoms with Crippen LogP contribution in [0, 0.1) is 0 Å². The third-order valence-electron chi connectivity index (χ3n) is 3.71. The first kappa shape index (κ1) is 11.6. The summed E-state index contributed by atoms with van der Waals surface area (Å²) in [6.07, 6.45) is 11.5. The molecule has 0 bridgehead atoms. The van der Waals surface area contributed by atoms with Crippen molar-refractivity contribution in [3.05, 3.63) is 30.1 Å². The normalized spacial score (nSPS) is 18.7. The van der Waals surface area contributed by atoms with Crippen molar-refractivity contribution in [1.29, 1.82) is 0 Å². The zero-order valence-corrected chi connectivity index (χ0v) is 10.9. The molecular formula is C15H24N+. The Morgan fingerprint density at radius 2 is 1.56 bits per heavy atom. The molecule has 88 valence electrons. The predicted molar refractivity (Wildman–Crippen MR) is 67.5 cm³/mol. The van der Waals surface area contributed by atoms with Crippen molar-refractivity contribution in [2.75, 3.05) is 0 Å². The third kappa shape index (κ3) is 2.63. The van der Waals surface area contributed by atoms with Crippen molar-refractivity contribution in [3.8, 4) is 0 Å². The van der Waals surface area contributed by atoms with Crippen molar-refractivity contribution in [2.24, 2.45) is 0 Å². The summed E-state index contributed by atoms with van der Waals surface area (Å²) in [6.45, 7) is 6.73. The van der Waals surface area contributed by atoms with Crippen LogP contribution in [-0.4, -0.2) is 0 Å². The number of rotatable bonds is 1. The Kier molecular flexibility index (Phi) is 3.32. The van der Waals surface area contributed by atoms with Crippen molar-refractivity contribution in [1.82, 2.24) is 0 Å². The number of hydrogen-bond acceptors (Lipinski definition) is 0. The van der Waals surface area contributed by atoms with E-state index in [1.165, 1.54) is 32.1 Å². The van der Waals surface area contributed by atoms with Crippen LogP contribution in [0.5, 0.6) is 0 Å². The molecule has 0 amide bonds. The second kappa shape index (κ2) is 4.57. The maximum absolute atomic E-state index is 2.32. The van der Waals surface area contributed by atoms with Gasteiger partial charge in [-0.25, -0.2) is 4.57 Å². The minimum absolute atomic E-state index is 0.199. The van der Waals surface area contributed by atoms with Gasteiger partial charge in [0, 0.05) is 32.9 Å². The molecule has 1 fully saturated rings. The summed E-state index contributed by atoms with van der Waals surface area (Å²) in [4.78, 5) is 0.